The zero-order valence-corrected chi connectivity index (χ0v) is 23.9. The van der Waals surface area contributed by atoms with E-state index in [4.69, 9.17) is 34.8 Å². The summed E-state index contributed by atoms with van der Waals surface area (Å²) in [6.07, 6.45) is 1.39. The Labute approximate surface area is 228 Å². The van der Waals surface area contributed by atoms with Gasteiger partial charge in [0, 0.05) is 41.1 Å². The number of hydrogen-bond acceptors (Lipinski definition) is 4. The van der Waals surface area contributed by atoms with Crippen molar-refractivity contribution < 1.29 is 18.0 Å². The summed E-state index contributed by atoms with van der Waals surface area (Å²) in [4.78, 5) is 27.6. The lowest BCUT2D eigenvalue weighted by atomic mass is 10.1. The van der Waals surface area contributed by atoms with Gasteiger partial charge in [0.05, 0.1) is 11.9 Å². The molecule has 0 aromatic heterocycles. The van der Waals surface area contributed by atoms with Crippen LogP contribution in [0.3, 0.4) is 0 Å². The zero-order chi connectivity index (χ0) is 27.0. The second-order valence-corrected chi connectivity index (χ2v) is 12.2. The molecular formula is C25H32Cl3N3O4S. The monoisotopic (exact) mass is 575 g/mol. The largest absolute Gasteiger partial charge is 0.354 e. The van der Waals surface area contributed by atoms with Gasteiger partial charge in [-0.2, -0.15) is 0 Å². The number of sulfonamides is 1. The Hall–Kier alpha value is -2.00. The molecule has 2 amide bonds. The van der Waals surface area contributed by atoms with Crippen LogP contribution in [0.25, 0.3) is 0 Å². The van der Waals surface area contributed by atoms with Gasteiger partial charge in [-0.1, -0.05) is 54.7 Å². The van der Waals surface area contributed by atoms with Crippen molar-refractivity contribution in [2.24, 2.45) is 5.92 Å². The molecule has 2 rings (SSSR count). The lowest BCUT2D eigenvalue weighted by Gasteiger charge is -2.30. The van der Waals surface area contributed by atoms with Crippen molar-refractivity contribution in [3.63, 3.8) is 0 Å². The molecule has 0 heterocycles. The number of halogens is 3. The van der Waals surface area contributed by atoms with Crippen molar-refractivity contribution in [3.8, 4) is 0 Å². The Morgan fingerprint density at radius 1 is 0.972 bits per heavy atom. The molecule has 0 aliphatic heterocycles. The molecule has 2 aromatic rings. The summed E-state index contributed by atoms with van der Waals surface area (Å²) >= 11 is 18.3. The number of nitrogens with one attached hydrogen (secondary N) is 1. The number of benzene rings is 2. The van der Waals surface area contributed by atoms with Crippen LogP contribution in [0.2, 0.25) is 15.1 Å². The molecule has 0 radical (unpaired) electrons. The van der Waals surface area contributed by atoms with Gasteiger partial charge in [0.2, 0.25) is 21.8 Å². The summed E-state index contributed by atoms with van der Waals surface area (Å²) < 4.78 is 26.0. The van der Waals surface area contributed by atoms with Gasteiger partial charge < -0.3 is 10.2 Å². The van der Waals surface area contributed by atoms with Gasteiger partial charge in [0.15, 0.2) is 0 Å². The Bertz CT molecular complexity index is 1160. The van der Waals surface area contributed by atoms with Crippen molar-refractivity contribution in [1.29, 1.82) is 0 Å². The fraction of sp³-hybridized carbons (Fsp3) is 0.440. The van der Waals surface area contributed by atoms with E-state index in [0.717, 1.165) is 6.26 Å². The predicted molar refractivity (Wildman–Crippen MR) is 147 cm³/mol. The van der Waals surface area contributed by atoms with Crippen LogP contribution in [-0.4, -0.2) is 50.5 Å². The average Bonchev–Trinajstić information content (AvgIpc) is 2.79. The normalized spacial score (nSPS) is 12.3. The number of hydrogen-bond donors (Lipinski definition) is 1. The first kappa shape index (κ1) is 30.2. The van der Waals surface area contributed by atoms with E-state index in [-0.39, 0.29) is 43.7 Å². The van der Waals surface area contributed by atoms with E-state index >= 15 is 0 Å². The third-order valence-electron chi connectivity index (χ3n) is 5.47. The number of carbonyl (C=O) groups is 2. The number of amides is 2. The first-order valence-electron chi connectivity index (χ1n) is 11.5. The van der Waals surface area contributed by atoms with Gasteiger partial charge in [0.25, 0.3) is 0 Å². The highest BCUT2D eigenvalue weighted by atomic mass is 35.5. The molecule has 1 atom stereocenters. The second kappa shape index (κ2) is 13.5. The van der Waals surface area contributed by atoms with Crippen molar-refractivity contribution in [2.45, 2.75) is 46.2 Å². The molecular weight excluding hydrogens is 545 g/mol. The van der Waals surface area contributed by atoms with Crippen molar-refractivity contribution in [3.05, 3.63) is 63.1 Å². The molecule has 0 aliphatic carbocycles. The third-order valence-corrected chi connectivity index (χ3v) is 7.51. The van der Waals surface area contributed by atoms with Crippen molar-refractivity contribution in [2.75, 3.05) is 23.7 Å². The van der Waals surface area contributed by atoms with E-state index in [1.807, 2.05) is 13.8 Å². The van der Waals surface area contributed by atoms with Gasteiger partial charge >= 0.3 is 0 Å². The van der Waals surface area contributed by atoms with Crippen LogP contribution in [0.15, 0.2) is 42.5 Å². The first-order chi connectivity index (χ1) is 16.8. The van der Waals surface area contributed by atoms with Crippen LogP contribution in [0.1, 0.15) is 39.2 Å². The summed E-state index contributed by atoms with van der Waals surface area (Å²) in [5.74, 6) is -0.315. The number of rotatable bonds is 12. The number of carbonyl (C=O) groups excluding carboxylic acids is 2. The van der Waals surface area contributed by atoms with Gasteiger partial charge in [-0.3, -0.25) is 13.9 Å². The summed E-state index contributed by atoms with van der Waals surface area (Å²) in [7, 11) is -3.58. The van der Waals surface area contributed by atoms with E-state index in [1.54, 1.807) is 49.4 Å². The number of nitrogens with zero attached hydrogens (tertiary/aromatic N) is 2. The molecule has 0 saturated heterocycles. The molecule has 0 aliphatic rings. The van der Waals surface area contributed by atoms with Crippen LogP contribution in [-0.2, 0) is 26.2 Å². The molecule has 198 valence electrons. The van der Waals surface area contributed by atoms with Crippen LogP contribution < -0.4 is 9.62 Å². The van der Waals surface area contributed by atoms with Crippen LogP contribution >= 0.6 is 34.8 Å². The topological polar surface area (TPSA) is 86.8 Å². The van der Waals surface area contributed by atoms with E-state index < -0.39 is 16.1 Å². The molecule has 0 fully saturated rings. The number of anilines is 1. The Balaban J connectivity index is 2.19. The lowest BCUT2D eigenvalue weighted by molar-refractivity contribution is -0.140. The molecule has 2 aromatic carbocycles. The van der Waals surface area contributed by atoms with Gasteiger partial charge in [-0.15, -0.1) is 0 Å². The fourth-order valence-electron chi connectivity index (χ4n) is 3.48. The lowest BCUT2D eigenvalue weighted by Crippen LogP contribution is -2.48. The standard InChI is InChI=1S/C25H32Cl3N3O4S/c1-17(2)15-29-25(33)18(3)30(16-19-7-8-21(27)14-23(19)28)24(32)6-5-13-31(36(4,34)35)22-11-9-20(26)10-12-22/h7-12,14,17-18H,5-6,13,15-16H2,1-4H3,(H,29,33). The highest BCUT2D eigenvalue weighted by Gasteiger charge is 2.27. The van der Waals surface area contributed by atoms with Crippen LogP contribution in [0.4, 0.5) is 5.69 Å². The summed E-state index contributed by atoms with van der Waals surface area (Å²) in [5.41, 5.74) is 1.11. The molecule has 0 saturated carbocycles. The van der Waals surface area contributed by atoms with E-state index in [0.29, 0.717) is 32.9 Å². The molecule has 0 spiro atoms. The summed E-state index contributed by atoms with van der Waals surface area (Å²) in [5, 5.41) is 4.21. The maximum Gasteiger partial charge on any atom is 0.242 e. The second-order valence-electron chi connectivity index (χ2n) is 8.99. The Kier molecular flexibility index (Phi) is 11.3. The zero-order valence-electron chi connectivity index (χ0n) is 20.8. The smallest absolute Gasteiger partial charge is 0.242 e. The minimum atomic E-state index is -3.58. The van der Waals surface area contributed by atoms with Crippen molar-refractivity contribution >= 4 is 62.3 Å². The molecule has 11 heteroatoms. The minimum absolute atomic E-state index is 0.0343. The minimum Gasteiger partial charge on any atom is -0.354 e. The maximum atomic E-state index is 13.3. The van der Waals surface area contributed by atoms with Gasteiger partial charge in [0.1, 0.15) is 6.04 Å². The van der Waals surface area contributed by atoms with Crippen molar-refractivity contribution in [1.82, 2.24) is 10.2 Å². The molecule has 1 unspecified atom stereocenters. The van der Waals surface area contributed by atoms with E-state index in [1.165, 1.54) is 9.21 Å². The highest BCUT2D eigenvalue weighted by Crippen LogP contribution is 2.24. The van der Waals surface area contributed by atoms with Crippen LogP contribution in [0, 0.1) is 5.92 Å². The Morgan fingerprint density at radius 2 is 1.58 bits per heavy atom. The van der Waals surface area contributed by atoms with E-state index in [9.17, 15) is 18.0 Å². The third kappa shape index (κ3) is 9.14. The predicted octanol–water partition coefficient (Wildman–Crippen LogP) is 5.38. The first-order valence-corrected chi connectivity index (χ1v) is 14.5. The Morgan fingerprint density at radius 3 is 2.14 bits per heavy atom. The molecule has 0 bridgehead atoms. The fourth-order valence-corrected chi connectivity index (χ4v) is 5.04. The molecule has 36 heavy (non-hydrogen) atoms. The van der Waals surface area contributed by atoms with E-state index in [2.05, 4.69) is 5.32 Å². The summed E-state index contributed by atoms with van der Waals surface area (Å²) in [6, 6.07) is 10.7. The summed E-state index contributed by atoms with van der Waals surface area (Å²) in [6.45, 7) is 6.31. The highest BCUT2D eigenvalue weighted by molar-refractivity contribution is 7.92. The quantitative estimate of drug-likeness (QED) is 0.367. The maximum absolute atomic E-state index is 13.3. The molecule has 1 N–H and O–H groups in total. The average molecular weight is 577 g/mol. The van der Waals surface area contributed by atoms with Gasteiger partial charge in [-0.25, -0.2) is 8.42 Å². The molecule has 7 nitrogen and oxygen atoms in total. The van der Waals surface area contributed by atoms with Crippen LogP contribution in [0.5, 0.6) is 0 Å². The SMILES string of the molecule is CC(C)CNC(=O)C(C)N(Cc1ccc(Cl)cc1Cl)C(=O)CCCN(c1ccc(Cl)cc1)S(C)(=O)=O. The van der Waals surface area contributed by atoms with Gasteiger partial charge in [-0.05, 0) is 61.2 Å².